The van der Waals surface area contributed by atoms with Gasteiger partial charge in [-0.1, -0.05) is 30.3 Å². The molecule has 5 nitrogen and oxygen atoms in total. The maximum atomic E-state index is 12.3. The number of carbonyl (C=O) groups is 2. The highest BCUT2D eigenvalue weighted by atomic mass is 79.9. The third-order valence-corrected chi connectivity index (χ3v) is 4.12. The Hall–Kier alpha value is -2.18. The number of carbonyl (C=O) groups excluding carboxylic acids is 2. The lowest BCUT2D eigenvalue weighted by molar-refractivity contribution is -0.125. The summed E-state index contributed by atoms with van der Waals surface area (Å²) in [6.07, 6.45) is -1.24. The third kappa shape index (κ3) is 2.40. The first-order valence-electron chi connectivity index (χ1n) is 6.50. The Labute approximate surface area is 133 Å². The number of esters is 1. The normalized spacial score (nSPS) is 21.0. The number of phenolic OH excluding ortho intramolecular Hbond substituents is 1. The van der Waals surface area contributed by atoms with Gasteiger partial charge >= 0.3 is 5.97 Å². The minimum absolute atomic E-state index is 0.0267. The lowest BCUT2D eigenvalue weighted by atomic mass is 10.0. The predicted octanol–water partition coefficient (Wildman–Crippen LogP) is 2.29. The lowest BCUT2D eigenvalue weighted by Crippen LogP contribution is -2.32. The van der Waals surface area contributed by atoms with Gasteiger partial charge in [-0.05, 0) is 38.8 Å². The number of aliphatic hydroxyl groups is 1. The first-order valence-corrected chi connectivity index (χ1v) is 7.29. The van der Waals surface area contributed by atoms with E-state index in [1.165, 1.54) is 12.1 Å². The van der Waals surface area contributed by atoms with Crippen molar-refractivity contribution in [2.45, 2.75) is 12.2 Å². The quantitative estimate of drug-likeness (QED) is 0.800. The highest BCUT2D eigenvalue weighted by Crippen LogP contribution is 2.30. The van der Waals surface area contributed by atoms with Crippen molar-refractivity contribution in [3.63, 3.8) is 0 Å². The van der Waals surface area contributed by atoms with Crippen LogP contribution in [0.4, 0.5) is 0 Å². The van der Waals surface area contributed by atoms with E-state index in [2.05, 4.69) is 15.9 Å². The van der Waals surface area contributed by atoms with E-state index in [1.807, 2.05) is 0 Å². The van der Waals surface area contributed by atoms with Crippen LogP contribution in [0.1, 0.15) is 10.4 Å². The molecule has 1 aliphatic carbocycles. The van der Waals surface area contributed by atoms with Crippen molar-refractivity contribution in [1.29, 1.82) is 0 Å². The SMILES string of the molecule is O=C(O[C@@H]1C(=O)C(Br)=C[C@H]1O)c1c(O)ccc2ccccc12. The minimum Gasteiger partial charge on any atom is -0.507 e. The summed E-state index contributed by atoms with van der Waals surface area (Å²) >= 11 is 3.00. The minimum atomic E-state index is -1.31. The first-order chi connectivity index (χ1) is 10.5. The summed E-state index contributed by atoms with van der Waals surface area (Å²) in [7, 11) is 0. The molecule has 6 heteroatoms. The lowest BCUT2D eigenvalue weighted by Gasteiger charge is -2.16. The Morgan fingerprint density at radius 1 is 1.18 bits per heavy atom. The predicted molar refractivity (Wildman–Crippen MR) is 82.8 cm³/mol. The number of hydrogen-bond donors (Lipinski definition) is 2. The Kier molecular flexibility index (Phi) is 3.72. The number of ketones is 1. The van der Waals surface area contributed by atoms with Gasteiger partial charge in [-0.3, -0.25) is 4.79 Å². The second-order valence-corrected chi connectivity index (χ2v) is 5.73. The molecule has 2 aromatic carbocycles. The van der Waals surface area contributed by atoms with Crippen LogP contribution in [-0.4, -0.2) is 34.2 Å². The molecule has 2 atom stereocenters. The molecule has 0 amide bonds. The van der Waals surface area contributed by atoms with E-state index in [0.29, 0.717) is 5.39 Å². The third-order valence-electron chi connectivity index (χ3n) is 3.47. The van der Waals surface area contributed by atoms with E-state index in [0.717, 1.165) is 5.39 Å². The second kappa shape index (κ2) is 5.55. The van der Waals surface area contributed by atoms with Gasteiger partial charge in [0.05, 0.1) is 4.48 Å². The average Bonchev–Trinajstić information content (AvgIpc) is 2.73. The van der Waals surface area contributed by atoms with Gasteiger partial charge in [0, 0.05) is 0 Å². The molecule has 1 aliphatic rings. The molecule has 0 radical (unpaired) electrons. The van der Waals surface area contributed by atoms with Crippen LogP contribution in [0.3, 0.4) is 0 Å². The van der Waals surface area contributed by atoms with E-state index >= 15 is 0 Å². The standard InChI is InChI=1S/C16H11BrO5/c17-10-7-12(19)15(14(10)20)22-16(21)13-9-4-2-1-3-8(9)5-6-11(13)18/h1-7,12,15,18-19H/t12-,15+/m1/s1. The summed E-state index contributed by atoms with van der Waals surface area (Å²) < 4.78 is 5.27. The Bertz CT molecular complexity index is 811. The van der Waals surface area contributed by atoms with Crippen LogP contribution in [-0.2, 0) is 9.53 Å². The highest BCUT2D eigenvalue weighted by molar-refractivity contribution is 9.12. The maximum absolute atomic E-state index is 12.3. The van der Waals surface area contributed by atoms with Crippen molar-refractivity contribution in [3.05, 3.63) is 52.5 Å². The van der Waals surface area contributed by atoms with Crippen molar-refractivity contribution in [1.82, 2.24) is 0 Å². The van der Waals surface area contributed by atoms with Gasteiger partial charge in [-0.25, -0.2) is 4.79 Å². The zero-order valence-electron chi connectivity index (χ0n) is 11.2. The smallest absolute Gasteiger partial charge is 0.343 e. The maximum Gasteiger partial charge on any atom is 0.343 e. The van der Waals surface area contributed by atoms with E-state index in [9.17, 15) is 19.8 Å². The molecule has 3 rings (SSSR count). The van der Waals surface area contributed by atoms with Crippen LogP contribution in [0.25, 0.3) is 10.8 Å². The summed E-state index contributed by atoms with van der Waals surface area (Å²) in [4.78, 5) is 24.2. The summed E-state index contributed by atoms with van der Waals surface area (Å²) in [5.74, 6) is -1.61. The molecule has 0 unspecified atom stereocenters. The molecular formula is C16H11BrO5. The van der Waals surface area contributed by atoms with Crippen molar-refractivity contribution in [2.75, 3.05) is 0 Å². The average molecular weight is 363 g/mol. The fourth-order valence-corrected chi connectivity index (χ4v) is 2.88. The molecule has 0 aromatic heterocycles. The van der Waals surface area contributed by atoms with Crippen LogP contribution in [0, 0.1) is 0 Å². The fraction of sp³-hybridized carbons (Fsp3) is 0.125. The van der Waals surface area contributed by atoms with E-state index in [-0.39, 0.29) is 15.8 Å². The molecular weight excluding hydrogens is 352 g/mol. The second-order valence-electron chi connectivity index (χ2n) is 4.88. The van der Waals surface area contributed by atoms with Gasteiger partial charge in [0.15, 0.2) is 6.10 Å². The number of ether oxygens (including phenoxy) is 1. The number of hydrogen-bond acceptors (Lipinski definition) is 5. The molecule has 0 fully saturated rings. The van der Waals surface area contributed by atoms with Crippen LogP contribution in [0.5, 0.6) is 5.75 Å². The number of Topliss-reactive ketones (excluding diaryl/α,β-unsaturated/α-hetero) is 1. The topological polar surface area (TPSA) is 83.8 Å². The van der Waals surface area contributed by atoms with Gasteiger partial charge in [-0.15, -0.1) is 0 Å². The number of phenols is 1. The molecule has 2 aromatic rings. The zero-order chi connectivity index (χ0) is 15.9. The largest absolute Gasteiger partial charge is 0.507 e. The van der Waals surface area contributed by atoms with Crippen molar-refractivity contribution in [2.24, 2.45) is 0 Å². The molecule has 0 heterocycles. The number of aliphatic hydroxyl groups excluding tert-OH is 1. The molecule has 0 aliphatic heterocycles. The Morgan fingerprint density at radius 2 is 1.91 bits per heavy atom. The van der Waals surface area contributed by atoms with Gasteiger partial charge in [-0.2, -0.15) is 0 Å². The Balaban J connectivity index is 1.97. The highest BCUT2D eigenvalue weighted by Gasteiger charge is 2.37. The molecule has 0 saturated carbocycles. The molecule has 0 spiro atoms. The summed E-state index contributed by atoms with van der Waals surface area (Å²) in [6.45, 7) is 0. The van der Waals surface area contributed by atoms with E-state index in [1.54, 1.807) is 30.3 Å². The van der Waals surface area contributed by atoms with E-state index in [4.69, 9.17) is 4.74 Å². The monoisotopic (exact) mass is 362 g/mol. The van der Waals surface area contributed by atoms with E-state index < -0.39 is 24.0 Å². The number of fused-ring (bicyclic) bond motifs is 1. The molecule has 22 heavy (non-hydrogen) atoms. The van der Waals surface area contributed by atoms with Crippen molar-refractivity contribution >= 4 is 38.5 Å². The number of benzene rings is 2. The zero-order valence-corrected chi connectivity index (χ0v) is 12.8. The molecule has 112 valence electrons. The van der Waals surface area contributed by atoms with Gasteiger partial charge < -0.3 is 14.9 Å². The summed E-state index contributed by atoms with van der Waals surface area (Å²) in [5.41, 5.74) is -0.0267. The van der Waals surface area contributed by atoms with Gasteiger partial charge in [0.2, 0.25) is 5.78 Å². The molecule has 0 saturated heterocycles. The molecule has 2 N–H and O–H groups in total. The van der Waals surface area contributed by atoms with Gasteiger partial charge in [0.1, 0.15) is 17.4 Å². The fourth-order valence-electron chi connectivity index (χ4n) is 2.38. The summed E-state index contributed by atoms with van der Waals surface area (Å²) in [5, 5.41) is 21.0. The van der Waals surface area contributed by atoms with Crippen LogP contribution in [0.2, 0.25) is 0 Å². The van der Waals surface area contributed by atoms with Crippen molar-refractivity contribution < 1.29 is 24.5 Å². The number of aromatic hydroxyl groups is 1. The number of halogens is 1. The number of rotatable bonds is 2. The van der Waals surface area contributed by atoms with Crippen LogP contribution in [0.15, 0.2) is 47.0 Å². The van der Waals surface area contributed by atoms with Crippen LogP contribution < -0.4 is 0 Å². The summed E-state index contributed by atoms with van der Waals surface area (Å²) in [6, 6.07) is 10.1. The van der Waals surface area contributed by atoms with Crippen LogP contribution >= 0.6 is 15.9 Å². The molecule has 0 bridgehead atoms. The van der Waals surface area contributed by atoms with Crippen molar-refractivity contribution in [3.8, 4) is 5.75 Å². The first kappa shape index (κ1) is 14.7. The van der Waals surface area contributed by atoms with Gasteiger partial charge in [0.25, 0.3) is 0 Å². The Morgan fingerprint density at radius 3 is 2.59 bits per heavy atom.